The third kappa shape index (κ3) is 2.26. The van der Waals surface area contributed by atoms with Crippen LogP contribution in [0.15, 0.2) is 30.3 Å². The van der Waals surface area contributed by atoms with Crippen molar-refractivity contribution in [2.75, 3.05) is 6.54 Å². The molecule has 0 aromatic heterocycles. The Hall–Kier alpha value is -0.820. The van der Waals surface area contributed by atoms with E-state index in [4.69, 9.17) is 0 Å². The Morgan fingerprint density at radius 1 is 0.882 bits per heavy atom. The third-order valence-corrected chi connectivity index (χ3v) is 4.74. The molecule has 1 aliphatic carbocycles. The molecule has 2 aliphatic rings. The molecule has 0 N–H and O–H groups in total. The number of benzene rings is 1. The average Bonchev–Trinajstić information content (AvgIpc) is 2.83. The molecule has 1 aliphatic heterocycles. The van der Waals surface area contributed by atoms with E-state index in [1.165, 1.54) is 63.6 Å². The van der Waals surface area contributed by atoms with Gasteiger partial charge in [-0.25, -0.2) is 0 Å². The van der Waals surface area contributed by atoms with E-state index in [9.17, 15) is 0 Å². The van der Waals surface area contributed by atoms with Crippen molar-refractivity contribution in [1.29, 1.82) is 0 Å². The van der Waals surface area contributed by atoms with Gasteiger partial charge in [0.05, 0.1) is 0 Å². The van der Waals surface area contributed by atoms with Gasteiger partial charge < -0.3 is 0 Å². The van der Waals surface area contributed by atoms with Crippen molar-refractivity contribution in [2.24, 2.45) is 0 Å². The van der Waals surface area contributed by atoms with Crippen LogP contribution in [0.5, 0.6) is 0 Å². The summed E-state index contributed by atoms with van der Waals surface area (Å²) in [6, 6.07) is 11.0. The zero-order valence-corrected chi connectivity index (χ0v) is 10.7. The normalized spacial score (nSPS) is 24.2. The van der Waals surface area contributed by atoms with Crippen LogP contribution in [0.4, 0.5) is 0 Å². The first kappa shape index (κ1) is 11.3. The van der Waals surface area contributed by atoms with Gasteiger partial charge >= 0.3 is 0 Å². The third-order valence-electron chi connectivity index (χ3n) is 4.74. The van der Waals surface area contributed by atoms with E-state index < -0.39 is 0 Å². The first-order chi connectivity index (χ1) is 8.39. The van der Waals surface area contributed by atoms with Gasteiger partial charge in [0.2, 0.25) is 0 Å². The molecule has 0 amide bonds. The molecule has 1 heteroatoms. The molecule has 0 radical (unpaired) electrons. The zero-order chi connectivity index (χ0) is 11.6. The Morgan fingerprint density at radius 2 is 1.53 bits per heavy atom. The fourth-order valence-corrected chi connectivity index (χ4v) is 3.80. The van der Waals surface area contributed by atoms with Crippen LogP contribution in [0.2, 0.25) is 0 Å². The summed E-state index contributed by atoms with van der Waals surface area (Å²) in [7, 11) is 0. The molecule has 92 valence electrons. The van der Waals surface area contributed by atoms with Crippen LogP contribution >= 0.6 is 0 Å². The average molecular weight is 229 g/mol. The Labute approximate surface area is 105 Å². The maximum absolute atomic E-state index is 2.79. The lowest BCUT2D eigenvalue weighted by molar-refractivity contribution is 0.0439. The van der Waals surface area contributed by atoms with Crippen LogP contribution in [0, 0.1) is 0 Å². The molecular formula is C16H23N. The number of piperidine rings is 1. The van der Waals surface area contributed by atoms with Crippen LogP contribution in [0.3, 0.4) is 0 Å². The summed E-state index contributed by atoms with van der Waals surface area (Å²) in [5.41, 5.74) is 2.06. The van der Waals surface area contributed by atoms with Gasteiger partial charge in [0.1, 0.15) is 0 Å². The van der Waals surface area contributed by atoms with E-state index in [-0.39, 0.29) is 0 Å². The van der Waals surface area contributed by atoms with Crippen molar-refractivity contribution in [3.05, 3.63) is 35.9 Å². The fraction of sp³-hybridized carbons (Fsp3) is 0.625. The Kier molecular flexibility index (Phi) is 3.19. The molecule has 1 heterocycles. The van der Waals surface area contributed by atoms with Crippen LogP contribution in [0.1, 0.15) is 50.5 Å². The minimum Gasteiger partial charge on any atom is -0.293 e. The highest BCUT2D eigenvalue weighted by Gasteiger charge is 2.40. The molecule has 0 atom stereocenters. The summed E-state index contributed by atoms with van der Waals surface area (Å²) in [5.74, 6) is 0. The second-order valence-electron chi connectivity index (χ2n) is 5.80. The monoisotopic (exact) mass is 229 g/mol. The lowest BCUT2D eigenvalue weighted by Gasteiger charge is -2.45. The van der Waals surface area contributed by atoms with Crippen LogP contribution in [-0.4, -0.2) is 17.0 Å². The molecule has 3 rings (SSSR count). The number of likely N-dealkylation sites (tertiary alicyclic amines) is 1. The summed E-state index contributed by atoms with van der Waals surface area (Å²) in [4.78, 5) is 2.79. The molecule has 1 saturated heterocycles. The lowest BCUT2D eigenvalue weighted by Crippen LogP contribution is -2.49. The van der Waals surface area contributed by atoms with Gasteiger partial charge in [-0.05, 0) is 37.8 Å². The number of rotatable bonds is 2. The van der Waals surface area contributed by atoms with E-state index in [1.807, 2.05) is 0 Å². The summed E-state index contributed by atoms with van der Waals surface area (Å²) >= 11 is 0. The van der Waals surface area contributed by atoms with E-state index in [0.717, 1.165) is 0 Å². The second-order valence-corrected chi connectivity index (χ2v) is 5.80. The number of nitrogens with zero attached hydrogens (tertiary/aromatic N) is 1. The summed E-state index contributed by atoms with van der Waals surface area (Å²) in [5, 5.41) is 0. The molecule has 1 aromatic rings. The molecule has 0 bridgehead atoms. The second kappa shape index (κ2) is 4.81. The Morgan fingerprint density at radius 3 is 2.24 bits per heavy atom. The van der Waals surface area contributed by atoms with E-state index in [1.54, 1.807) is 0 Å². The van der Waals surface area contributed by atoms with Gasteiger partial charge in [-0.2, -0.15) is 0 Å². The van der Waals surface area contributed by atoms with Gasteiger partial charge in [0.15, 0.2) is 0 Å². The van der Waals surface area contributed by atoms with Gasteiger partial charge in [-0.1, -0.05) is 49.6 Å². The first-order valence-corrected chi connectivity index (χ1v) is 7.18. The minimum absolute atomic E-state index is 0.577. The smallest absolute Gasteiger partial charge is 0.0239 e. The van der Waals surface area contributed by atoms with Crippen molar-refractivity contribution in [3.63, 3.8) is 0 Å². The topological polar surface area (TPSA) is 3.24 Å². The summed E-state index contributed by atoms with van der Waals surface area (Å²) < 4.78 is 0. The molecular weight excluding hydrogens is 206 g/mol. The lowest BCUT2D eigenvalue weighted by atomic mass is 9.84. The first-order valence-electron chi connectivity index (χ1n) is 7.18. The Bertz CT molecular complexity index is 351. The molecule has 17 heavy (non-hydrogen) atoms. The number of hydrogen-bond acceptors (Lipinski definition) is 1. The van der Waals surface area contributed by atoms with Crippen LogP contribution in [0.25, 0.3) is 0 Å². The molecule has 1 aromatic carbocycles. The SMILES string of the molecule is c1ccc(CN2CCCCC23CCCC3)cc1. The van der Waals surface area contributed by atoms with E-state index in [2.05, 4.69) is 35.2 Å². The fourth-order valence-electron chi connectivity index (χ4n) is 3.80. The van der Waals surface area contributed by atoms with E-state index >= 15 is 0 Å². The molecule has 1 nitrogen and oxygen atoms in total. The van der Waals surface area contributed by atoms with Crippen molar-refractivity contribution in [1.82, 2.24) is 4.90 Å². The van der Waals surface area contributed by atoms with Crippen molar-refractivity contribution >= 4 is 0 Å². The maximum Gasteiger partial charge on any atom is 0.0239 e. The van der Waals surface area contributed by atoms with Crippen molar-refractivity contribution < 1.29 is 0 Å². The van der Waals surface area contributed by atoms with E-state index in [0.29, 0.717) is 5.54 Å². The van der Waals surface area contributed by atoms with Crippen molar-refractivity contribution in [2.45, 2.75) is 57.0 Å². The van der Waals surface area contributed by atoms with Gasteiger partial charge in [-0.3, -0.25) is 4.90 Å². The van der Waals surface area contributed by atoms with Gasteiger partial charge in [-0.15, -0.1) is 0 Å². The largest absolute Gasteiger partial charge is 0.293 e. The standard InChI is InChI=1S/C16H23N/c1-2-8-15(9-3-1)14-17-13-7-6-12-16(17)10-4-5-11-16/h1-3,8-9H,4-7,10-14H2. The zero-order valence-electron chi connectivity index (χ0n) is 10.7. The van der Waals surface area contributed by atoms with Crippen molar-refractivity contribution in [3.8, 4) is 0 Å². The minimum atomic E-state index is 0.577. The highest BCUT2D eigenvalue weighted by Crippen LogP contribution is 2.42. The maximum atomic E-state index is 2.79. The highest BCUT2D eigenvalue weighted by atomic mass is 15.2. The predicted molar refractivity (Wildman–Crippen MR) is 71.9 cm³/mol. The summed E-state index contributed by atoms with van der Waals surface area (Å²) in [6.45, 7) is 2.48. The summed E-state index contributed by atoms with van der Waals surface area (Å²) in [6.07, 6.45) is 10.1. The van der Waals surface area contributed by atoms with Crippen LogP contribution < -0.4 is 0 Å². The van der Waals surface area contributed by atoms with Gasteiger partial charge in [0, 0.05) is 12.1 Å². The molecule has 1 saturated carbocycles. The van der Waals surface area contributed by atoms with Gasteiger partial charge in [0.25, 0.3) is 0 Å². The quantitative estimate of drug-likeness (QED) is 0.741. The molecule has 0 unspecified atom stereocenters. The van der Waals surface area contributed by atoms with Crippen LogP contribution in [-0.2, 0) is 6.54 Å². The highest BCUT2D eigenvalue weighted by molar-refractivity contribution is 5.15. The molecule has 1 spiro atoms. The Balaban J connectivity index is 1.76. The number of hydrogen-bond donors (Lipinski definition) is 0. The molecule has 2 fully saturated rings. The predicted octanol–water partition coefficient (Wildman–Crippen LogP) is 3.99.